The summed E-state index contributed by atoms with van der Waals surface area (Å²) in [5.74, 6) is 0.878. The molecule has 164 valence electrons. The van der Waals surface area contributed by atoms with Crippen molar-refractivity contribution in [1.29, 1.82) is 0 Å². The van der Waals surface area contributed by atoms with Crippen LogP contribution < -0.4 is 0 Å². The zero-order chi connectivity index (χ0) is 21.8. The summed E-state index contributed by atoms with van der Waals surface area (Å²) in [4.78, 5) is 14.3. The predicted octanol–water partition coefficient (Wildman–Crippen LogP) is 5.32. The molecule has 0 spiro atoms. The first-order valence-corrected chi connectivity index (χ1v) is 11.4. The van der Waals surface area contributed by atoms with Crippen LogP contribution in [0, 0.1) is 11.8 Å². The van der Waals surface area contributed by atoms with Crippen molar-refractivity contribution in [2.45, 2.75) is 32.6 Å². The first-order chi connectivity index (χ1) is 15.1. The lowest BCUT2D eigenvalue weighted by Crippen LogP contribution is -2.47. The largest absolute Gasteiger partial charge is 0.465 e. The number of halogens is 1. The van der Waals surface area contributed by atoms with E-state index in [0.717, 1.165) is 38.9 Å². The molecule has 0 amide bonds. The van der Waals surface area contributed by atoms with Gasteiger partial charge in [0.05, 0.1) is 19.3 Å². The second kappa shape index (κ2) is 9.78. The summed E-state index contributed by atoms with van der Waals surface area (Å²) in [7, 11) is 1.42. The van der Waals surface area contributed by atoms with Gasteiger partial charge in [0.2, 0.25) is 0 Å². The van der Waals surface area contributed by atoms with E-state index in [2.05, 4.69) is 48.2 Å². The van der Waals surface area contributed by atoms with Gasteiger partial charge in [0.25, 0.3) is 0 Å². The van der Waals surface area contributed by atoms with Crippen molar-refractivity contribution in [2.75, 3.05) is 33.4 Å². The van der Waals surface area contributed by atoms with Crippen LogP contribution in [0.3, 0.4) is 0 Å². The van der Waals surface area contributed by atoms with Gasteiger partial charge in [-0.05, 0) is 77.5 Å². The van der Waals surface area contributed by atoms with Gasteiger partial charge in [0.1, 0.15) is 0 Å². The van der Waals surface area contributed by atoms with Crippen LogP contribution in [0.15, 0.2) is 48.5 Å². The van der Waals surface area contributed by atoms with Gasteiger partial charge in [-0.3, -0.25) is 4.39 Å². The van der Waals surface area contributed by atoms with Crippen molar-refractivity contribution in [1.82, 2.24) is 4.90 Å². The minimum Gasteiger partial charge on any atom is -0.465 e. The third-order valence-corrected chi connectivity index (χ3v) is 6.57. The Morgan fingerprint density at radius 2 is 1.94 bits per heavy atom. The Morgan fingerprint density at radius 3 is 2.65 bits per heavy atom. The van der Waals surface area contributed by atoms with E-state index in [1.807, 2.05) is 12.1 Å². The lowest BCUT2D eigenvalue weighted by Gasteiger charge is -2.39. The summed E-state index contributed by atoms with van der Waals surface area (Å²) in [5, 5.41) is 0. The molecule has 1 aliphatic carbocycles. The number of carbonyl (C=O) groups excluding carboxylic acids is 1. The molecule has 2 aromatic carbocycles. The summed E-state index contributed by atoms with van der Waals surface area (Å²) in [6.45, 7) is 5.09. The van der Waals surface area contributed by atoms with Crippen molar-refractivity contribution in [3.63, 3.8) is 0 Å². The van der Waals surface area contributed by atoms with Crippen LogP contribution in [0.4, 0.5) is 4.39 Å². The second-order valence-corrected chi connectivity index (χ2v) is 9.03. The molecule has 4 rings (SSSR count). The van der Waals surface area contributed by atoms with Gasteiger partial charge in [0.15, 0.2) is 0 Å². The highest BCUT2D eigenvalue weighted by Gasteiger charge is 2.26. The summed E-state index contributed by atoms with van der Waals surface area (Å²) >= 11 is 0. The molecule has 4 heteroatoms. The lowest BCUT2D eigenvalue weighted by molar-refractivity contribution is 0.0600. The number of hydrogen-bond donors (Lipinski definition) is 0. The van der Waals surface area contributed by atoms with E-state index in [-0.39, 0.29) is 12.6 Å². The first kappa shape index (κ1) is 21.8. The van der Waals surface area contributed by atoms with Crippen LogP contribution >= 0.6 is 0 Å². The topological polar surface area (TPSA) is 29.5 Å². The standard InChI is InChI=1S/C27H32FNO2/c1-19-4-7-23-16-24(27(30)31-2)10-11-25(23)26(14-19)22-8-5-20(6-9-22)15-21-17-29(18-21)13-3-12-28/h5-6,8-11,14,16,19,21H,3-4,7,12-13,15,17-18H2,1-2H3. The fourth-order valence-electron chi connectivity index (χ4n) is 4.83. The van der Waals surface area contributed by atoms with Gasteiger partial charge in [-0.15, -0.1) is 0 Å². The average Bonchev–Trinajstić information content (AvgIpc) is 2.93. The summed E-state index contributed by atoms with van der Waals surface area (Å²) in [6.07, 6.45) is 6.13. The molecule has 1 unspecified atom stereocenters. The fraction of sp³-hybridized carbons (Fsp3) is 0.444. The Balaban J connectivity index is 1.49. The molecule has 0 aromatic heterocycles. The Morgan fingerprint density at radius 1 is 1.16 bits per heavy atom. The van der Waals surface area contributed by atoms with Crippen LogP contribution in [0.2, 0.25) is 0 Å². The molecular formula is C27H32FNO2. The quantitative estimate of drug-likeness (QED) is 0.567. The first-order valence-electron chi connectivity index (χ1n) is 11.4. The van der Waals surface area contributed by atoms with E-state index in [9.17, 15) is 9.18 Å². The number of carbonyl (C=O) groups is 1. The average molecular weight is 422 g/mol. The van der Waals surface area contributed by atoms with E-state index in [0.29, 0.717) is 23.8 Å². The van der Waals surface area contributed by atoms with Crippen molar-refractivity contribution in [3.8, 4) is 0 Å². The van der Waals surface area contributed by atoms with Gasteiger partial charge in [0, 0.05) is 19.6 Å². The normalized spacial score (nSPS) is 19.2. The smallest absolute Gasteiger partial charge is 0.337 e. The molecule has 0 radical (unpaired) electrons. The Kier molecular flexibility index (Phi) is 6.86. The van der Waals surface area contributed by atoms with Crippen LogP contribution in [0.5, 0.6) is 0 Å². The molecule has 3 nitrogen and oxygen atoms in total. The molecular weight excluding hydrogens is 389 g/mol. The summed E-state index contributed by atoms with van der Waals surface area (Å²) < 4.78 is 17.2. The molecule has 0 N–H and O–H groups in total. The van der Waals surface area contributed by atoms with Crippen LogP contribution in [-0.4, -0.2) is 44.3 Å². The number of ether oxygens (including phenoxy) is 1. The Labute approximate surface area is 184 Å². The lowest BCUT2D eigenvalue weighted by atomic mass is 9.89. The van der Waals surface area contributed by atoms with E-state index < -0.39 is 0 Å². The Bertz CT molecular complexity index is 944. The molecule has 1 atom stereocenters. The number of nitrogens with zero attached hydrogens (tertiary/aromatic N) is 1. The zero-order valence-corrected chi connectivity index (χ0v) is 18.6. The number of allylic oxidation sites excluding steroid dienone is 1. The van der Waals surface area contributed by atoms with Crippen LogP contribution in [-0.2, 0) is 17.6 Å². The molecule has 1 heterocycles. The molecule has 31 heavy (non-hydrogen) atoms. The highest BCUT2D eigenvalue weighted by atomic mass is 19.1. The number of rotatable bonds is 7. The van der Waals surface area contributed by atoms with Gasteiger partial charge in [-0.2, -0.15) is 0 Å². The number of methoxy groups -OCH3 is 1. The molecule has 1 fully saturated rings. The van der Waals surface area contributed by atoms with Crippen LogP contribution in [0.1, 0.15) is 52.4 Å². The highest BCUT2D eigenvalue weighted by Crippen LogP contribution is 2.34. The van der Waals surface area contributed by atoms with Gasteiger partial charge < -0.3 is 9.64 Å². The van der Waals surface area contributed by atoms with E-state index in [4.69, 9.17) is 4.74 Å². The minimum absolute atomic E-state index is 0.218. The predicted molar refractivity (Wildman–Crippen MR) is 123 cm³/mol. The zero-order valence-electron chi connectivity index (χ0n) is 18.6. The number of alkyl halides is 1. The third kappa shape index (κ3) is 5.07. The number of benzene rings is 2. The number of fused-ring (bicyclic) bond motifs is 1. The fourth-order valence-corrected chi connectivity index (χ4v) is 4.83. The van der Waals surface area contributed by atoms with Crippen LogP contribution in [0.25, 0.3) is 5.57 Å². The molecule has 1 aliphatic heterocycles. The summed E-state index contributed by atoms with van der Waals surface area (Å²) in [5.41, 5.74) is 6.89. The number of esters is 1. The number of aryl methyl sites for hydroxylation is 1. The molecule has 0 saturated carbocycles. The van der Waals surface area contributed by atoms with Crippen molar-refractivity contribution in [3.05, 3.63) is 76.4 Å². The summed E-state index contributed by atoms with van der Waals surface area (Å²) in [6, 6.07) is 14.9. The van der Waals surface area contributed by atoms with Crippen molar-refractivity contribution in [2.24, 2.45) is 11.8 Å². The molecule has 2 aliphatic rings. The molecule has 2 aromatic rings. The van der Waals surface area contributed by atoms with Gasteiger partial charge in [-0.1, -0.05) is 43.3 Å². The maximum Gasteiger partial charge on any atom is 0.337 e. The SMILES string of the molecule is COC(=O)c1ccc2c(c1)CCC(C)C=C2c1ccc(CC2CN(CCCF)C2)cc1. The van der Waals surface area contributed by atoms with Crippen molar-refractivity contribution >= 4 is 11.5 Å². The highest BCUT2D eigenvalue weighted by molar-refractivity contribution is 5.91. The molecule has 0 bridgehead atoms. The Hall–Kier alpha value is -2.46. The monoisotopic (exact) mass is 421 g/mol. The second-order valence-electron chi connectivity index (χ2n) is 9.03. The number of likely N-dealkylation sites (tertiary alicyclic amines) is 1. The van der Waals surface area contributed by atoms with Gasteiger partial charge in [-0.25, -0.2) is 4.79 Å². The van der Waals surface area contributed by atoms with Gasteiger partial charge >= 0.3 is 5.97 Å². The maximum absolute atomic E-state index is 12.3. The van der Waals surface area contributed by atoms with E-state index in [1.54, 1.807) is 0 Å². The van der Waals surface area contributed by atoms with E-state index >= 15 is 0 Å². The number of hydrogen-bond acceptors (Lipinski definition) is 3. The van der Waals surface area contributed by atoms with E-state index in [1.165, 1.54) is 34.9 Å². The van der Waals surface area contributed by atoms with Crippen molar-refractivity contribution < 1.29 is 13.9 Å². The third-order valence-electron chi connectivity index (χ3n) is 6.57. The molecule has 1 saturated heterocycles. The minimum atomic E-state index is -0.283. The maximum atomic E-state index is 12.3.